The fourth-order valence-electron chi connectivity index (χ4n) is 3.63. The molecular formula is C24H23N3O4S2. The molecule has 0 aliphatic carbocycles. The van der Waals surface area contributed by atoms with Gasteiger partial charge in [-0.2, -0.15) is 0 Å². The lowest BCUT2D eigenvalue weighted by Gasteiger charge is -2.10. The van der Waals surface area contributed by atoms with Crippen molar-refractivity contribution in [3.63, 3.8) is 0 Å². The van der Waals surface area contributed by atoms with Crippen LogP contribution in [0.25, 0.3) is 16.9 Å². The first-order chi connectivity index (χ1) is 15.7. The second kappa shape index (κ2) is 8.84. The van der Waals surface area contributed by atoms with Crippen LogP contribution < -0.4 is 10.1 Å². The molecule has 4 rings (SSSR count). The minimum atomic E-state index is -3.31. The van der Waals surface area contributed by atoms with E-state index in [2.05, 4.69) is 20.9 Å². The van der Waals surface area contributed by atoms with Crippen molar-refractivity contribution in [3.05, 3.63) is 76.9 Å². The van der Waals surface area contributed by atoms with Gasteiger partial charge in [-0.1, -0.05) is 0 Å². The number of sulfone groups is 1. The van der Waals surface area contributed by atoms with E-state index >= 15 is 0 Å². The third-order valence-corrected chi connectivity index (χ3v) is 7.19. The Morgan fingerprint density at radius 2 is 1.73 bits per heavy atom. The van der Waals surface area contributed by atoms with Gasteiger partial charge in [0.05, 0.1) is 17.7 Å². The number of hydrogen-bond acceptors (Lipinski definition) is 6. The minimum absolute atomic E-state index is 0.169. The van der Waals surface area contributed by atoms with Crippen molar-refractivity contribution < 1.29 is 17.9 Å². The zero-order chi connectivity index (χ0) is 23.8. The van der Waals surface area contributed by atoms with Crippen LogP contribution >= 0.6 is 11.3 Å². The number of hydrogen-bond donors (Lipinski definition) is 1. The number of ether oxygens (including phenoxy) is 1. The molecule has 170 valence electrons. The molecule has 1 N–H and O–H groups in total. The van der Waals surface area contributed by atoms with E-state index in [0.717, 1.165) is 40.3 Å². The molecule has 2 aromatic heterocycles. The average Bonchev–Trinajstić information content (AvgIpc) is 3.37. The number of carbonyl (C=O) groups excluding carboxylic acids is 1. The molecule has 0 aliphatic heterocycles. The molecule has 33 heavy (non-hydrogen) atoms. The van der Waals surface area contributed by atoms with Gasteiger partial charge in [0.1, 0.15) is 5.75 Å². The number of amides is 1. The molecule has 0 fully saturated rings. The van der Waals surface area contributed by atoms with Gasteiger partial charge in [-0.25, -0.2) is 13.4 Å². The molecule has 2 heterocycles. The molecule has 0 radical (unpaired) electrons. The summed E-state index contributed by atoms with van der Waals surface area (Å²) in [6.45, 7) is 4.07. The van der Waals surface area contributed by atoms with Crippen molar-refractivity contribution >= 4 is 32.2 Å². The summed E-state index contributed by atoms with van der Waals surface area (Å²) in [6.07, 6.45) is 1.13. The van der Waals surface area contributed by atoms with E-state index in [0.29, 0.717) is 10.7 Å². The van der Waals surface area contributed by atoms with Crippen LogP contribution in [0.4, 0.5) is 5.13 Å². The maximum Gasteiger partial charge on any atom is 0.257 e. The summed E-state index contributed by atoms with van der Waals surface area (Å²) in [6, 6.07) is 15.8. The molecule has 0 bridgehead atoms. The number of nitrogens with zero attached hydrogens (tertiary/aromatic N) is 2. The predicted octanol–water partition coefficient (Wildman–Crippen LogP) is 4.88. The van der Waals surface area contributed by atoms with Crippen molar-refractivity contribution in [2.75, 3.05) is 18.7 Å². The van der Waals surface area contributed by atoms with Gasteiger partial charge in [0.25, 0.3) is 5.91 Å². The summed E-state index contributed by atoms with van der Waals surface area (Å²) in [4.78, 5) is 17.3. The van der Waals surface area contributed by atoms with Gasteiger partial charge < -0.3 is 9.30 Å². The Bertz CT molecular complexity index is 1420. The molecule has 1 amide bonds. The van der Waals surface area contributed by atoms with Crippen LogP contribution in [0.2, 0.25) is 0 Å². The molecule has 7 nitrogen and oxygen atoms in total. The quantitative estimate of drug-likeness (QED) is 0.424. The Kier molecular flexibility index (Phi) is 6.09. The van der Waals surface area contributed by atoms with E-state index in [-0.39, 0.29) is 10.8 Å². The molecule has 0 aliphatic rings. The van der Waals surface area contributed by atoms with E-state index in [1.165, 1.54) is 35.6 Å². The van der Waals surface area contributed by atoms with E-state index in [1.54, 1.807) is 7.11 Å². The highest BCUT2D eigenvalue weighted by molar-refractivity contribution is 7.90. The van der Waals surface area contributed by atoms with E-state index in [9.17, 15) is 13.2 Å². The molecule has 0 saturated carbocycles. The summed E-state index contributed by atoms with van der Waals surface area (Å²) in [5.74, 6) is 0.451. The smallest absolute Gasteiger partial charge is 0.257 e. The highest BCUT2D eigenvalue weighted by Crippen LogP contribution is 2.32. The van der Waals surface area contributed by atoms with Gasteiger partial charge in [-0.15, -0.1) is 11.3 Å². The Hall–Kier alpha value is -3.43. The first kappa shape index (κ1) is 22.8. The van der Waals surface area contributed by atoms with Gasteiger partial charge in [-0.05, 0) is 68.4 Å². The normalized spacial score (nSPS) is 11.4. The summed E-state index contributed by atoms with van der Waals surface area (Å²) >= 11 is 1.33. The number of rotatable bonds is 6. The SMILES string of the molecule is COc1ccc(-n2c(C)cc(-c3csc(NC(=O)c4ccc(S(C)(=O)=O)cc4)n3)c2C)cc1. The maximum atomic E-state index is 12.6. The lowest BCUT2D eigenvalue weighted by Crippen LogP contribution is -2.12. The number of aromatic nitrogens is 2. The van der Waals surface area contributed by atoms with Crippen molar-refractivity contribution in [2.45, 2.75) is 18.7 Å². The zero-order valence-corrected chi connectivity index (χ0v) is 20.3. The largest absolute Gasteiger partial charge is 0.497 e. The molecule has 0 saturated heterocycles. The third-order valence-electron chi connectivity index (χ3n) is 5.31. The minimum Gasteiger partial charge on any atom is -0.497 e. The van der Waals surface area contributed by atoms with Gasteiger partial charge in [0, 0.05) is 39.8 Å². The Morgan fingerprint density at radius 1 is 1.06 bits per heavy atom. The number of thiazole rings is 1. The lowest BCUT2D eigenvalue weighted by molar-refractivity contribution is 0.102. The molecular weight excluding hydrogens is 458 g/mol. The van der Waals surface area contributed by atoms with Crippen LogP contribution in [-0.2, 0) is 9.84 Å². The number of nitrogens with one attached hydrogen (secondary N) is 1. The van der Waals surface area contributed by atoms with Crippen LogP contribution in [0.3, 0.4) is 0 Å². The maximum absolute atomic E-state index is 12.6. The highest BCUT2D eigenvalue weighted by atomic mass is 32.2. The number of anilines is 1. The summed E-state index contributed by atoms with van der Waals surface area (Å²) < 4.78 is 30.6. The third kappa shape index (κ3) is 4.69. The number of methoxy groups -OCH3 is 1. The molecule has 0 spiro atoms. The summed E-state index contributed by atoms with van der Waals surface area (Å²) in [5.41, 5.74) is 5.25. The van der Waals surface area contributed by atoms with Crippen LogP contribution in [0.15, 0.2) is 64.9 Å². The fraction of sp³-hybridized carbons (Fsp3) is 0.167. The molecule has 4 aromatic rings. The zero-order valence-electron chi connectivity index (χ0n) is 18.6. The topological polar surface area (TPSA) is 90.3 Å². The first-order valence-corrected chi connectivity index (χ1v) is 12.8. The average molecular weight is 482 g/mol. The van der Waals surface area contributed by atoms with Crippen molar-refractivity contribution in [1.82, 2.24) is 9.55 Å². The van der Waals surface area contributed by atoms with Gasteiger partial charge >= 0.3 is 0 Å². The number of carbonyl (C=O) groups is 1. The summed E-state index contributed by atoms with van der Waals surface area (Å²) in [5, 5.41) is 5.16. The first-order valence-electron chi connectivity index (χ1n) is 10.1. The summed E-state index contributed by atoms with van der Waals surface area (Å²) in [7, 11) is -1.67. The lowest BCUT2D eigenvalue weighted by atomic mass is 10.2. The van der Waals surface area contributed by atoms with Crippen molar-refractivity contribution in [2.24, 2.45) is 0 Å². The Labute approximate surface area is 196 Å². The molecule has 0 unspecified atom stereocenters. The predicted molar refractivity (Wildman–Crippen MR) is 130 cm³/mol. The van der Waals surface area contributed by atoms with Crippen LogP contribution in [0.5, 0.6) is 5.75 Å². The van der Waals surface area contributed by atoms with E-state index < -0.39 is 9.84 Å². The second-order valence-electron chi connectivity index (χ2n) is 7.61. The molecule has 2 aromatic carbocycles. The van der Waals surface area contributed by atoms with Crippen LogP contribution in [-0.4, -0.2) is 37.2 Å². The molecule has 0 atom stereocenters. The molecule has 9 heteroatoms. The van der Waals surface area contributed by atoms with Gasteiger partial charge in [0.15, 0.2) is 15.0 Å². The van der Waals surface area contributed by atoms with Crippen molar-refractivity contribution in [1.29, 1.82) is 0 Å². The number of aryl methyl sites for hydroxylation is 1. The van der Waals surface area contributed by atoms with Crippen LogP contribution in [0, 0.1) is 13.8 Å². The van der Waals surface area contributed by atoms with Gasteiger partial charge in [0.2, 0.25) is 0 Å². The number of benzene rings is 2. The van der Waals surface area contributed by atoms with E-state index in [1.807, 2.05) is 43.5 Å². The Balaban J connectivity index is 1.55. The Morgan fingerprint density at radius 3 is 2.33 bits per heavy atom. The standard InChI is InChI=1S/C24H23N3O4S2/c1-15-13-21(16(2)27(15)18-7-9-19(31-3)10-8-18)22-14-32-24(25-22)26-23(28)17-5-11-20(12-6-17)33(4,29)30/h5-14H,1-4H3,(H,25,26,28). The van der Waals surface area contributed by atoms with Crippen molar-refractivity contribution in [3.8, 4) is 22.7 Å². The van der Waals surface area contributed by atoms with Gasteiger partial charge in [-0.3, -0.25) is 10.1 Å². The van der Waals surface area contributed by atoms with E-state index in [4.69, 9.17) is 4.74 Å². The second-order valence-corrected chi connectivity index (χ2v) is 10.5. The monoisotopic (exact) mass is 481 g/mol. The fourth-order valence-corrected chi connectivity index (χ4v) is 4.96. The van der Waals surface area contributed by atoms with Crippen LogP contribution in [0.1, 0.15) is 21.7 Å². The highest BCUT2D eigenvalue weighted by Gasteiger charge is 2.16.